The Kier molecular flexibility index (Phi) is 17.6. The molecule has 7 N–H and O–H groups in total. The van der Waals surface area contributed by atoms with Gasteiger partial charge in [0.25, 0.3) is 0 Å². The van der Waals surface area contributed by atoms with E-state index >= 15 is 0 Å². The monoisotopic (exact) mass is 1180 g/mol. The van der Waals surface area contributed by atoms with E-state index in [-0.39, 0.29) is 70.3 Å². The molecule has 4 aliphatic heterocycles. The van der Waals surface area contributed by atoms with Crippen molar-refractivity contribution in [2.45, 2.75) is 211 Å². The molecule has 23 heteroatoms. The van der Waals surface area contributed by atoms with Crippen LogP contribution >= 0.6 is 11.6 Å². The van der Waals surface area contributed by atoms with Crippen LogP contribution in [0.1, 0.15) is 141 Å². The van der Waals surface area contributed by atoms with Gasteiger partial charge in [0.05, 0.1) is 70.4 Å². The minimum atomic E-state index is -3.81. The van der Waals surface area contributed by atoms with Gasteiger partial charge in [-0.15, -0.1) is 0 Å². The van der Waals surface area contributed by atoms with Gasteiger partial charge in [-0.3, -0.25) is 9.52 Å². The number of esters is 1. The lowest BCUT2D eigenvalue weighted by Gasteiger charge is -2.64. The number of aromatic nitrogens is 2. The molecule has 19 nitrogen and oxygen atoms in total. The number of nitrogens with zero attached hydrogens (tertiary/aromatic N) is 1. The summed E-state index contributed by atoms with van der Waals surface area (Å²) in [6.45, 7) is 12.0. The Balaban J connectivity index is 0.000000229. The van der Waals surface area contributed by atoms with E-state index in [0.717, 1.165) is 75.5 Å². The summed E-state index contributed by atoms with van der Waals surface area (Å²) in [6.07, 6.45) is 4.84. The highest BCUT2D eigenvalue weighted by Gasteiger charge is 2.68. The summed E-state index contributed by atoms with van der Waals surface area (Å²) in [7, 11) is -3.81. The van der Waals surface area contributed by atoms with Crippen LogP contribution in [0.25, 0.3) is 11.0 Å². The van der Waals surface area contributed by atoms with Gasteiger partial charge in [-0.1, -0.05) is 32.4 Å². The topological polar surface area (TPSA) is 275 Å². The van der Waals surface area contributed by atoms with Crippen molar-refractivity contribution in [1.82, 2.24) is 9.97 Å². The van der Waals surface area contributed by atoms with Crippen molar-refractivity contribution in [2.75, 3.05) is 17.1 Å². The van der Waals surface area contributed by atoms with Crippen LogP contribution < -0.4 is 4.72 Å². The quantitative estimate of drug-likeness (QED) is 0.0510. The number of carbonyl (C=O) groups is 2. The zero-order valence-corrected chi connectivity index (χ0v) is 48.2. The molecule has 448 valence electrons. The molecule has 7 fully saturated rings. The van der Waals surface area contributed by atoms with E-state index in [4.69, 9.17) is 44.8 Å². The van der Waals surface area contributed by atoms with Crippen molar-refractivity contribution >= 4 is 50.1 Å². The maximum atomic E-state index is 14.8. The van der Waals surface area contributed by atoms with Gasteiger partial charge in [0, 0.05) is 54.1 Å². The molecule has 20 atom stereocenters. The van der Waals surface area contributed by atoms with Crippen molar-refractivity contribution in [2.24, 2.45) is 34.5 Å². The lowest BCUT2D eigenvalue weighted by Crippen LogP contribution is -2.62. The molecule has 6 heterocycles. The third-order valence-corrected chi connectivity index (χ3v) is 21.3. The van der Waals surface area contributed by atoms with Crippen LogP contribution in [0.2, 0.25) is 5.02 Å². The predicted molar refractivity (Wildman–Crippen MR) is 290 cm³/mol. The minimum Gasteiger partial charge on any atom is -0.458 e. The number of aromatic amines is 1. The number of hydrogen-bond acceptors (Lipinski definition) is 17. The molecule has 0 bridgehead atoms. The molecule has 8 aliphatic rings. The highest BCUT2D eigenvalue weighted by Crippen LogP contribution is 2.70. The number of ether oxygens (including phenoxy) is 7. The third kappa shape index (κ3) is 11.7. The molecule has 1 aromatic carbocycles. The van der Waals surface area contributed by atoms with Crippen molar-refractivity contribution in [3.05, 3.63) is 70.0 Å². The Morgan fingerprint density at radius 2 is 1.51 bits per heavy atom. The number of anilines is 1. The number of hydrogen-bond donors (Lipinski definition) is 7. The standard InChI is InChI=1S/C41H64O13.C17H14ClF2N3O3S/c1-20-36(46)29(42)16-34(49-20)53-38-22(3)51-35(18-31(38)44)54-37-21(2)50-33(17-30(37)43)52-25-8-11-39(4)24(15-25)6-7-28-27(39)9-12-40(5)26(10-13-41(28,40)47)23-14-32(45)48-19-23;1-2-5-27(25,26)23-13-4-3-12(19)14(15(13)20)16(24)11-8-22-17-10(11)6-9(18)7-21-17/h14,20-22,24-31,33-38,42-44,46-47H,6-13,15-19H2,1-5H3;3-4,6-8,23H,2,5H2,1H3,(H,21,22)/t20-,21-,22-,24-,25+,26-,27+,28-,29+,30+,31+,33+,34+,35+,36-,37-,38-,39+,40-,41+;/m1./s1. The van der Waals surface area contributed by atoms with Gasteiger partial charge < -0.3 is 63.7 Å². The number of carbonyl (C=O) groups excluding carboxylic acids is 2. The van der Waals surface area contributed by atoms with Crippen LogP contribution in [0.3, 0.4) is 0 Å². The van der Waals surface area contributed by atoms with Crippen LogP contribution in [0, 0.1) is 46.1 Å². The van der Waals surface area contributed by atoms with E-state index < -0.39 is 118 Å². The number of benzene rings is 1. The zero-order chi connectivity index (χ0) is 58.1. The molecule has 81 heavy (non-hydrogen) atoms. The van der Waals surface area contributed by atoms with E-state index in [2.05, 4.69) is 23.8 Å². The first-order valence-electron chi connectivity index (χ1n) is 28.7. The molecule has 4 aliphatic carbocycles. The molecule has 11 rings (SSSR count). The number of aliphatic hydroxyl groups excluding tert-OH is 4. The second-order valence-electron chi connectivity index (χ2n) is 24.5. The van der Waals surface area contributed by atoms with Gasteiger partial charge in [-0.05, 0) is 138 Å². The van der Waals surface area contributed by atoms with Gasteiger partial charge in [0.2, 0.25) is 15.8 Å². The zero-order valence-electron chi connectivity index (χ0n) is 46.6. The minimum absolute atomic E-state index is 0.0243. The smallest absolute Gasteiger partial charge is 0.331 e. The van der Waals surface area contributed by atoms with Gasteiger partial charge in [0.1, 0.15) is 36.4 Å². The molecule has 0 unspecified atom stereocenters. The fraction of sp³-hybridized carbons (Fsp3) is 0.707. The summed E-state index contributed by atoms with van der Waals surface area (Å²) in [5, 5.41) is 55.5. The first-order valence-corrected chi connectivity index (χ1v) is 30.8. The van der Waals surface area contributed by atoms with Crippen LogP contribution in [-0.4, -0.2) is 154 Å². The Morgan fingerprint density at radius 3 is 2.14 bits per heavy atom. The number of cyclic esters (lactones) is 1. The molecule has 0 spiro atoms. The molecule has 0 radical (unpaired) electrons. The van der Waals surface area contributed by atoms with E-state index in [0.29, 0.717) is 35.9 Å². The van der Waals surface area contributed by atoms with Gasteiger partial charge in [0.15, 0.2) is 24.7 Å². The number of aliphatic hydroxyl groups is 5. The lowest BCUT2D eigenvalue weighted by atomic mass is 9.43. The Morgan fingerprint density at radius 1 is 0.852 bits per heavy atom. The molecular formula is C58H78ClF2N3O16S. The number of sulfonamides is 1. The van der Waals surface area contributed by atoms with Crippen molar-refractivity contribution in [3.63, 3.8) is 0 Å². The summed E-state index contributed by atoms with van der Waals surface area (Å²) in [5.74, 6) is -2.46. The molecular weight excluding hydrogens is 1100 g/mol. The van der Waals surface area contributed by atoms with Gasteiger partial charge in [-0.25, -0.2) is 27.0 Å². The summed E-state index contributed by atoms with van der Waals surface area (Å²) in [6, 6.07) is 3.21. The lowest BCUT2D eigenvalue weighted by molar-refractivity contribution is -0.336. The van der Waals surface area contributed by atoms with Crippen LogP contribution in [0.4, 0.5) is 14.5 Å². The number of pyridine rings is 1. The Bertz CT molecular complexity index is 2920. The number of rotatable bonds is 13. The van der Waals surface area contributed by atoms with Crippen molar-refractivity contribution < 1.29 is 85.5 Å². The first-order chi connectivity index (χ1) is 38.3. The Hall–Kier alpha value is -3.75. The van der Waals surface area contributed by atoms with E-state index in [9.17, 15) is 52.3 Å². The molecule has 0 amide bonds. The van der Waals surface area contributed by atoms with Crippen LogP contribution in [-0.2, 0) is 48.0 Å². The third-order valence-electron chi connectivity index (χ3n) is 19.7. The highest BCUT2D eigenvalue weighted by atomic mass is 35.5. The molecule has 2 aromatic heterocycles. The maximum Gasteiger partial charge on any atom is 0.331 e. The summed E-state index contributed by atoms with van der Waals surface area (Å²) >= 11 is 5.88. The van der Waals surface area contributed by atoms with Crippen LogP contribution in [0.15, 0.2) is 42.2 Å². The number of nitrogens with one attached hydrogen (secondary N) is 2. The van der Waals surface area contributed by atoms with Gasteiger partial charge in [-0.2, -0.15) is 0 Å². The summed E-state index contributed by atoms with van der Waals surface area (Å²) in [5.41, 5.74) is -0.862. The maximum absolute atomic E-state index is 14.8. The number of halogens is 3. The van der Waals surface area contributed by atoms with E-state index in [1.807, 2.05) is 11.6 Å². The molecule has 3 aromatic rings. The normalized spacial score (nSPS) is 40.5. The number of fused-ring (bicyclic) bond motifs is 6. The van der Waals surface area contributed by atoms with Gasteiger partial charge >= 0.3 is 5.97 Å². The Labute approximate surface area is 475 Å². The average molecular weight is 1180 g/mol. The molecule has 3 saturated heterocycles. The average Bonchev–Trinajstić information content (AvgIpc) is 4.29. The number of H-pyrrole nitrogens is 1. The second kappa shape index (κ2) is 23.6. The van der Waals surface area contributed by atoms with E-state index in [1.54, 1.807) is 26.8 Å². The van der Waals surface area contributed by atoms with E-state index in [1.165, 1.54) is 18.5 Å². The van der Waals surface area contributed by atoms with Crippen molar-refractivity contribution in [1.29, 1.82) is 0 Å². The number of ketones is 1. The van der Waals surface area contributed by atoms with Crippen LogP contribution in [0.5, 0.6) is 0 Å². The molecule has 4 saturated carbocycles. The summed E-state index contributed by atoms with van der Waals surface area (Å²) in [4.78, 5) is 31.4. The fourth-order valence-electron chi connectivity index (χ4n) is 15.4. The van der Waals surface area contributed by atoms with Crippen molar-refractivity contribution in [3.8, 4) is 0 Å². The SMILES string of the molecule is CCCS(=O)(=O)Nc1ccc(F)c(C(=O)c2c[nH]c3ncc(Cl)cc23)c1F.C[C@H]1O[C@@H](O[C@H]2[C@@H](O)C[C@H](O[C@H]3[C@@H](O)C[C@H](O[C@H]4CC[C@@]5(C)[C@H](CC[C@@H]6[C@@H]5CC[C@]5(C)[C@@H](C7=CC(=O)OC7)CC[C@]65O)C4)O[C@@H]3C)O[C@@H]2C)C[C@H](O)[C@@H]1O. The predicted octanol–water partition coefficient (Wildman–Crippen LogP) is 7.12. The summed E-state index contributed by atoms with van der Waals surface area (Å²) < 4.78 is 97.0. The highest BCUT2D eigenvalue weighted by molar-refractivity contribution is 7.92. The first kappa shape index (κ1) is 60.4. The largest absolute Gasteiger partial charge is 0.458 e. The fourth-order valence-corrected chi connectivity index (χ4v) is 16.7. The second-order valence-corrected chi connectivity index (χ2v) is 26.8.